The first-order valence-electron chi connectivity index (χ1n) is 9.24. The Bertz CT molecular complexity index is 854. The van der Waals surface area contributed by atoms with Gasteiger partial charge in [-0.1, -0.05) is 0 Å². The number of rotatable bonds is 3. The van der Waals surface area contributed by atoms with Gasteiger partial charge < -0.3 is 14.2 Å². The fourth-order valence-electron chi connectivity index (χ4n) is 3.34. The van der Waals surface area contributed by atoms with E-state index in [0.717, 1.165) is 21.2 Å². The van der Waals surface area contributed by atoms with E-state index in [1.807, 2.05) is 72.0 Å². The molecule has 0 aliphatic carbocycles. The zero-order valence-electron chi connectivity index (χ0n) is 17.5. The number of methoxy groups -OCH3 is 1. The Balaban J connectivity index is 1.94. The van der Waals surface area contributed by atoms with Crippen LogP contribution in [0.15, 0.2) is 30.5 Å². The second-order valence-corrected chi connectivity index (χ2v) is 9.61. The van der Waals surface area contributed by atoms with E-state index in [2.05, 4.69) is 4.98 Å². The molecule has 0 unspecified atom stereocenters. The molecule has 0 bridgehead atoms. The van der Waals surface area contributed by atoms with Gasteiger partial charge in [-0.2, -0.15) is 0 Å². The van der Waals surface area contributed by atoms with Crippen molar-refractivity contribution in [2.45, 2.75) is 58.4 Å². The van der Waals surface area contributed by atoms with Crippen LogP contribution >= 0.6 is 11.3 Å². The number of amides is 1. The Morgan fingerprint density at radius 3 is 2.43 bits per heavy atom. The second-order valence-electron chi connectivity index (χ2n) is 8.58. The highest BCUT2D eigenvalue weighted by atomic mass is 32.1. The summed E-state index contributed by atoms with van der Waals surface area (Å²) in [5, 5.41) is 0.815. The smallest absolute Gasteiger partial charge is 0.413 e. The monoisotopic (exact) mass is 404 g/mol. The number of hydrogen-bond acceptors (Lipinski definition) is 6. The molecule has 1 aromatic heterocycles. The van der Waals surface area contributed by atoms with Crippen LogP contribution in [0.1, 0.15) is 46.6 Å². The van der Waals surface area contributed by atoms with E-state index in [0.29, 0.717) is 6.61 Å². The number of thiazole rings is 1. The molecule has 1 aliphatic heterocycles. The molecule has 2 heterocycles. The zero-order valence-corrected chi connectivity index (χ0v) is 18.3. The molecule has 2 aromatic rings. The molecule has 1 aromatic carbocycles. The lowest BCUT2D eigenvalue weighted by atomic mass is 10.0. The fourth-order valence-corrected chi connectivity index (χ4v) is 4.38. The molecule has 1 aliphatic rings. The van der Waals surface area contributed by atoms with Crippen molar-refractivity contribution in [3.05, 3.63) is 35.5 Å². The molecule has 1 fully saturated rings. The lowest BCUT2D eigenvalue weighted by Crippen LogP contribution is -2.53. The van der Waals surface area contributed by atoms with E-state index in [-0.39, 0.29) is 0 Å². The van der Waals surface area contributed by atoms with Crippen LogP contribution in [0.5, 0.6) is 5.75 Å². The Labute approximate surface area is 170 Å². The van der Waals surface area contributed by atoms with Gasteiger partial charge in [-0.15, -0.1) is 11.3 Å². The molecule has 7 heteroatoms. The number of carbonyl (C=O) groups excluding carboxylic acids is 1. The number of aromatic nitrogens is 1. The van der Waals surface area contributed by atoms with E-state index in [4.69, 9.17) is 14.2 Å². The summed E-state index contributed by atoms with van der Waals surface area (Å²) in [5.74, 6) is 0.808. The second kappa shape index (κ2) is 7.04. The van der Waals surface area contributed by atoms with Gasteiger partial charge in [-0.25, -0.2) is 9.78 Å². The molecule has 152 valence electrons. The maximum atomic E-state index is 13.0. The Kier molecular flexibility index (Phi) is 5.18. The SMILES string of the molecule is COc1ccc(-c2cnc([C@]3(C)COC(C)(C)N3C(=O)OC(C)(C)C)s2)cc1. The topological polar surface area (TPSA) is 60.9 Å². The summed E-state index contributed by atoms with van der Waals surface area (Å²) in [4.78, 5) is 20.3. The Hall–Kier alpha value is -2.12. The summed E-state index contributed by atoms with van der Waals surface area (Å²) >= 11 is 1.55. The molecular formula is C21H28N2O4S. The molecule has 1 amide bonds. The third-order valence-electron chi connectivity index (χ3n) is 4.66. The molecule has 1 saturated heterocycles. The van der Waals surface area contributed by atoms with E-state index >= 15 is 0 Å². The van der Waals surface area contributed by atoms with Gasteiger partial charge in [0.05, 0.1) is 18.6 Å². The summed E-state index contributed by atoms with van der Waals surface area (Å²) in [6.07, 6.45) is 1.43. The molecule has 1 atom stereocenters. The Morgan fingerprint density at radius 1 is 1.21 bits per heavy atom. The normalized spacial score (nSPS) is 21.6. The van der Waals surface area contributed by atoms with E-state index in [1.165, 1.54) is 0 Å². The van der Waals surface area contributed by atoms with Crippen LogP contribution in [-0.2, 0) is 15.0 Å². The van der Waals surface area contributed by atoms with Crippen LogP contribution in [-0.4, -0.2) is 41.0 Å². The third-order valence-corrected chi connectivity index (χ3v) is 5.96. The summed E-state index contributed by atoms with van der Waals surface area (Å²) in [7, 11) is 1.65. The number of carbonyl (C=O) groups is 1. The predicted octanol–water partition coefficient (Wildman–Crippen LogP) is 5.04. The standard InChI is InChI=1S/C21H28N2O4S/c1-19(2,3)27-18(24)23-20(4,5)26-13-21(23,6)17-22-12-16(28-17)14-8-10-15(25-7)11-9-14/h8-12H,13H2,1-7H3/t21-/m0/s1. The van der Waals surface area contributed by atoms with E-state index < -0.39 is 23.0 Å². The van der Waals surface area contributed by atoms with Gasteiger partial charge in [-0.3, -0.25) is 4.90 Å². The molecule has 0 N–H and O–H groups in total. The summed E-state index contributed by atoms with van der Waals surface area (Å²) in [5.41, 5.74) is -1.03. The van der Waals surface area contributed by atoms with Crippen molar-refractivity contribution < 1.29 is 19.0 Å². The highest BCUT2D eigenvalue weighted by Crippen LogP contribution is 2.45. The van der Waals surface area contributed by atoms with Crippen LogP contribution in [0.2, 0.25) is 0 Å². The average Bonchev–Trinajstić information content (AvgIpc) is 3.17. The predicted molar refractivity (Wildman–Crippen MR) is 110 cm³/mol. The van der Waals surface area contributed by atoms with Gasteiger partial charge in [-0.05, 0) is 71.4 Å². The highest BCUT2D eigenvalue weighted by Gasteiger charge is 2.55. The molecule has 28 heavy (non-hydrogen) atoms. The molecule has 0 radical (unpaired) electrons. The maximum Gasteiger partial charge on any atom is 0.413 e. The zero-order chi connectivity index (χ0) is 20.7. The Morgan fingerprint density at radius 2 is 1.86 bits per heavy atom. The number of hydrogen-bond donors (Lipinski definition) is 0. The summed E-state index contributed by atoms with van der Waals surface area (Å²) < 4.78 is 16.9. The third kappa shape index (κ3) is 3.86. The van der Waals surface area contributed by atoms with Crippen LogP contribution in [0.3, 0.4) is 0 Å². The largest absolute Gasteiger partial charge is 0.497 e. The number of benzene rings is 1. The quantitative estimate of drug-likeness (QED) is 0.717. The molecule has 0 spiro atoms. The summed E-state index contributed by atoms with van der Waals surface area (Å²) in [6, 6.07) is 7.84. The minimum Gasteiger partial charge on any atom is -0.497 e. The highest BCUT2D eigenvalue weighted by molar-refractivity contribution is 7.15. The first-order valence-corrected chi connectivity index (χ1v) is 10.1. The first kappa shape index (κ1) is 20.6. The van der Waals surface area contributed by atoms with Crippen molar-refractivity contribution in [2.24, 2.45) is 0 Å². The fraction of sp³-hybridized carbons (Fsp3) is 0.524. The van der Waals surface area contributed by atoms with E-state index in [9.17, 15) is 4.79 Å². The van der Waals surface area contributed by atoms with Crippen molar-refractivity contribution in [3.63, 3.8) is 0 Å². The van der Waals surface area contributed by atoms with Gasteiger partial charge in [0.2, 0.25) is 0 Å². The lowest BCUT2D eigenvalue weighted by Gasteiger charge is -2.39. The van der Waals surface area contributed by atoms with Crippen molar-refractivity contribution >= 4 is 17.4 Å². The van der Waals surface area contributed by atoms with Crippen molar-refractivity contribution in [3.8, 4) is 16.2 Å². The van der Waals surface area contributed by atoms with Crippen LogP contribution < -0.4 is 4.74 Å². The van der Waals surface area contributed by atoms with Gasteiger partial charge in [0.1, 0.15) is 27.6 Å². The lowest BCUT2D eigenvalue weighted by molar-refractivity contribution is -0.0684. The van der Waals surface area contributed by atoms with Crippen molar-refractivity contribution in [1.29, 1.82) is 0 Å². The minimum absolute atomic E-state index is 0.356. The minimum atomic E-state index is -0.789. The number of ether oxygens (including phenoxy) is 3. The first-order chi connectivity index (χ1) is 13.0. The van der Waals surface area contributed by atoms with Gasteiger partial charge in [0.25, 0.3) is 0 Å². The van der Waals surface area contributed by atoms with Crippen LogP contribution in [0.25, 0.3) is 10.4 Å². The van der Waals surface area contributed by atoms with Crippen molar-refractivity contribution in [2.75, 3.05) is 13.7 Å². The average molecular weight is 405 g/mol. The molecular weight excluding hydrogens is 376 g/mol. The number of nitrogens with zero attached hydrogens (tertiary/aromatic N) is 2. The van der Waals surface area contributed by atoms with Gasteiger partial charge in [0, 0.05) is 6.20 Å². The maximum absolute atomic E-state index is 13.0. The van der Waals surface area contributed by atoms with Gasteiger partial charge >= 0.3 is 6.09 Å². The molecule has 6 nitrogen and oxygen atoms in total. The molecule has 0 saturated carbocycles. The van der Waals surface area contributed by atoms with Gasteiger partial charge in [0.15, 0.2) is 0 Å². The van der Waals surface area contributed by atoms with E-state index in [1.54, 1.807) is 23.3 Å². The van der Waals surface area contributed by atoms with Crippen LogP contribution in [0, 0.1) is 0 Å². The summed E-state index contributed by atoms with van der Waals surface area (Å²) in [6.45, 7) is 11.7. The van der Waals surface area contributed by atoms with Crippen LogP contribution in [0.4, 0.5) is 4.79 Å². The molecule has 3 rings (SSSR count). The van der Waals surface area contributed by atoms with Crippen molar-refractivity contribution in [1.82, 2.24) is 9.88 Å².